The van der Waals surface area contributed by atoms with Crippen LogP contribution in [0.3, 0.4) is 0 Å². The van der Waals surface area contributed by atoms with Crippen molar-refractivity contribution in [1.29, 1.82) is 0 Å². The lowest BCUT2D eigenvalue weighted by molar-refractivity contribution is 0.415. The van der Waals surface area contributed by atoms with Gasteiger partial charge in [0.05, 0.1) is 7.11 Å². The van der Waals surface area contributed by atoms with Crippen molar-refractivity contribution in [2.24, 2.45) is 0 Å². The first kappa shape index (κ1) is 11.1. The van der Waals surface area contributed by atoms with Gasteiger partial charge in [0.1, 0.15) is 5.75 Å². The van der Waals surface area contributed by atoms with Crippen molar-refractivity contribution in [1.82, 2.24) is 0 Å². The number of rotatable bonds is 3. The van der Waals surface area contributed by atoms with E-state index in [2.05, 4.69) is 25.2 Å². The summed E-state index contributed by atoms with van der Waals surface area (Å²) in [7, 11) is 1.63. The first-order valence-corrected chi connectivity index (χ1v) is 6.72. The minimum atomic E-state index is -0.0274. The number of nitrogen functional groups attached to an aromatic ring is 1. The van der Waals surface area contributed by atoms with E-state index in [0.29, 0.717) is 0 Å². The summed E-state index contributed by atoms with van der Waals surface area (Å²) in [4.78, 5) is 0. The average Bonchev–Trinajstić information content (AvgIpc) is 2.16. The Morgan fingerprint density at radius 3 is 2.64 bits per heavy atom. The Bertz CT molecular complexity index is 334. The van der Waals surface area contributed by atoms with Gasteiger partial charge in [0.25, 0.3) is 0 Å². The second-order valence-electron chi connectivity index (χ2n) is 3.27. The van der Waals surface area contributed by atoms with Crippen LogP contribution in [0, 0.1) is 0 Å². The molecular formula is C11H16NOP. The van der Waals surface area contributed by atoms with Gasteiger partial charge in [-0.1, -0.05) is 19.8 Å². The first-order valence-electron chi connectivity index (χ1n) is 4.41. The van der Waals surface area contributed by atoms with Crippen LogP contribution in [-0.2, 0) is 0 Å². The van der Waals surface area contributed by atoms with Crippen molar-refractivity contribution in [3.8, 4) is 5.75 Å². The van der Waals surface area contributed by atoms with E-state index in [-0.39, 0.29) is 7.92 Å². The highest BCUT2D eigenvalue weighted by atomic mass is 31.1. The molecule has 0 aromatic heterocycles. The molecule has 0 radical (unpaired) electrons. The van der Waals surface area contributed by atoms with E-state index in [1.807, 2.05) is 18.2 Å². The molecule has 1 aromatic carbocycles. The van der Waals surface area contributed by atoms with Crippen molar-refractivity contribution in [3.63, 3.8) is 0 Å². The van der Waals surface area contributed by atoms with Crippen molar-refractivity contribution >= 4 is 19.7 Å². The largest absolute Gasteiger partial charge is 0.497 e. The van der Waals surface area contributed by atoms with Gasteiger partial charge in [-0.2, -0.15) is 0 Å². The summed E-state index contributed by atoms with van der Waals surface area (Å²) in [5.41, 5.74) is 7.65. The van der Waals surface area contributed by atoms with Crippen molar-refractivity contribution in [2.75, 3.05) is 26.2 Å². The zero-order valence-corrected chi connectivity index (χ0v) is 9.71. The number of benzene rings is 1. The number of hydrogen-bond acceptors (Lipinski definition) is 2. The fraction of sp³-hybridized carbons (Fsp3) is 0.273. The van der Waals surface area contributed by atoms with Crippen LogP contribution in [0.4, 0.5) is 5.69 Å². The van der Waals surface area contributed by atoms with E-state index in [4.69, 9.17) is 10.5 Å². The Kier molecular flexibility index (Phi) is 3.97. The third-order valence-electron chi connectivity index (χ3n) is 1.85. The van der Waals surface area contributed by atoms with E-state index in [9.17, 15) is 0 Å². The molecule has 0 spiro atoms. The maximum atomic E-state index is 5.83. The molecule has 14 heavy (non-hydrogen) atoms. The molecule has 1 aromatic rings. The van der Waals surface area contributed by atoms with Crippen LogP contribution >= 0.6 is 7.92 Å². The molecular weight excluding hydrogens is 193 g/mol. The fourth-order valence-corrected chi connectivity index (χ4v) is 1.51. The lowest BCUT2D eigenvalue weighted by atomic mass is 10.2. The molecule has 3 heteroatoms. The Balaban J connectivity index is 2.94. The molecule has 0 heterocycles. The summed E-state index contributed by atoms with van der Waals surface area (Å²) in [5, 5.41) is 0. The third-order valence-corrected chi connectivity index (χ3v) is 2.59. The molecule has 0 atom stereocenters. The molecule has 0 bridgehead atoms. The minimum Gasteiger partial charge on any atom is -0.497 e. The molecule has 0 aliphatic heterocycles. The molecule has 0 saturated heterocycles. The summed E-state index contributed by atoms with van der Waals surface area (Å²) in [6, 6.07) is 5.68. The Hall–Kier alpha value is -1.01. The normalized spacial score (nSPS) is 11.1. The summed E-state index contributed by atoms with van der Waals surface area (Å²) in [5.74, 6) is 3.02. The van der Waals surface area contributed by atoms with Crippen LogP contribution in [0.5, 0.6) is 5.75 Å². The molecule has 0 unspecified atom stereocenters. The first-order chi connectivity index (χ1) is 6.63. The number of anilines is 1. The predicted molar refractivity (Wildman–Crippen MR) is 65.2 cm³/mol. The Morgan fingerprint density at radius 1 is 1.36 bits per heavy atom. The van der Waals surface area contributed by atoms with Crippen molar-refractivity contribution in [2.45, 2.75) is 0 Å². The lowest BCUT2D eigenvalue weighted by Crippen LogP contribution is -1.90. The van der Waals surface area contributed by atoms with Gasteiger partial charge in [-0.3, -0.25) is 0 Å². The summed E-state index contributed by atoms with van der Waals surface area (Å²) < 4.78 is 5.13. The monoisotopic (exact) mass is 209 g/mol. The summed E-state index contributed by atoms with van der Waals surface area (Å²) >= 11 is 0. The Labute approximate surface area is 86.5 Å². The van der Waals surface area contributed by atoms with Gasteiger partial charge < -0.3 is 10.5 Å². The van der Waals surface area contributed by atoms with Crippen molar-refractivity contribution in [3.05, 3.63) is 29.6 Å². The van der Waals surface area contributed by atoms with Gasteiger partial charge in [0, 0.05) is 11.3 Å². The van der Waals surface area contributed by atoms with E-state index in [1.165, 1.54) is 0 Å². The smallest absolute Gasteiger partial charge is 0.119 e. The molecule has 0 aliphatic rings. The SMILES string of the molecule is COc1ccc(N)c(/C=C/P(C)C)c1. The molecule has 0 amide bonds. The molecule has 2 nitrogen and oxygen atoms in total. The van der Waals surface area contributed by atoms with Crippen LogP contribution in [-0.4, -0.2) is 20.4 Å². The highest BCUT2D eigenvalue weighted by Gasteiger charge is 1.97. The third kappa shape index (κ3) is 3.04. The molecule has 76 valence electrons. The maximum Gasteiger partial charge on any atom is 0.119 e. The second-order valence-corrected chi connectivity index (χ2v) is 5.50. The molecule has 1 rings (SSSR count). The number of nitrogens with two attached hydrogens (primary N) is 1. The molecule has 0 saturated carbocycles. The topological polar surface area (TPSA) is 35.2 Å². The summed E-state index contributed by atoms with van der Waals surface area (Å²) in [6.45, 7) is 4.39. The van der Waals surface area contributed by atoms with E-state index in [1.54, 1.807) is 7.11 Å². The van der Waals surface area contributed by atoms with Crippen LogP contribution in [0.25, 0.3) is 6.08 Å². The van der Waals surface area contributed by atoms with Crippen LogP contribution in [0.15, 0.2) is 24.0 Å². The number of methoxy groups -OCH3 is 1. The van der Waals surface area contributed by atoms with E-state index in [0.717, 1.165) is 17.0 Å². The maximum absolute atomic E-state index is 5.83. The zero-order valence-electron chi connectivity index (χ0n) is 8.82. The zero-order chi connectivity index (χ0) is 10.6. The number of hydrogen-bond donors (Lipinski definition) is 1. The second kappa shape index (κ2) is 5.02. The highest BCUT2D eigenvalue weighted by molar-refractivity contribution is 7.59. The summed E-state index contributed by atoms with van der Waals surface area (Å²) in [6.07, 6.45) is 2.06. The van der Waals surface area contributed by atoms with Crippen LogP contribution in [0.2, 0.25) is 0 Å². The van der Waals surface area contributed by atoms with Gasteiger partial charge in [-0.25, -0.2) is 0 Å². The van der Waals surface area contributed by atoms with Gasteiger partial charge in [-0.15, -0.1) is 0 Å². The van der Waals surface area contributed by atoms with Crippen molar-refractivity contribution < 1.29 is 4.74 Å². The van der Waals surface area contributed by atoms with Crippen LogP contribution in [0.1, 0.15) is 5.56 Å². The standard InChI is InChI=1S/C11H16NOP/c1-13-10-4-5-11(12)9(8-10)6-7-14(2)3/h4-8H,12H2,1-3H3/b7-6+. The Morgan fingerprint density at radius 2 is 2.07 bits per heavy atom. The van der Waals surface area contributed by atoms with Gasteiger partial charge >= 0.3 is 0 Å². The molecule has 0 aliphatic carbocycles. The number of ether oxygens (including phenoxy) is 1. The van der Waals surface area contributed by atoms with E-state index < -0.39 is 0 Å². The fourth-order valence-electron chi connectivity index (χ4n) is 1.05. The van der Waals surface area contributed by atoms with E-state index >= 15 is 0 Å². The molecule has 2 N–H and O–H groups in total. The highest BCUT2D eigenvalue weighted by Crippen LogP contribution is 2.29. The lowest BCUT2D eigenvalue weighted by Gasteiger charge is -2.04. The van der Waals surface area contributed by atoms with Gasteiger partial charge in [0.15, 0.2) is 0 Å². The minimum absolute atomic E-state index is 0.0274. The average molecular weight is 209 g/mol. The quantitative estimate of drug-likeness (QED) is 0.613. The predicted octanol–water partition coefficient (Wildman–Crippen LogP) is 2.99. The molecule has 0 fully saturated rings. The van der Waals surface area contributed by atoms with Gasteiger partial charge in [-0.05, 0) is 31.5 Å². The van der Waals surface area contributed by atoms with Gasteiger partial charge in [0.2, 0.25) is 0 Å². The van der Waals surface area contributed by atoms with Crippen LogP contribution < -0.4 is 10.5 Å².